The van der Waals surface area contributed by atoms with E-state index in [9.17, 15) is 0 Å². The zero-order chi connectivity index (χ0) is 12.5. The molecule has 4 heteroatoms. The van der Waals surface area contributed by atoms with Gasteiger partial charge in [0.05, 0.1) is 6.61 Å². The number of anilines is 1. The van der Waals surface area contributed by atoms with Crippen molar-refractivity contribution in [2.45, 2.75) is 25.2 Å². The van der Waals surface area contributed by atoms with Crippen molar-refractivity contribution in [1.82, 2.24) is 0 Å². The van der Waals surface area contributed by atoms with E-state index in [0.29, 0.717) is 6.61 Å². The highest BCUT2D eigenvalue weighted by Crippen LogP contribution is 2.29. The van der Waals surface area contributed by atoms with Crippen LogP contribution >= 0.6 is 11.8 Å². The Morgan fingerprint density at radius 2 is 2.06 bits per heavy atom. The third kappa shape index (κ3) is 5.33. The monoisotopic (exact) mass is 255 g/mol. The molecule has 0 amide bonds. The van der Waals surface area contributed by atoms with E-state index in [1.165, 1.54) is 0 Å². The first-order chi connectivity index (χ1) is 8.27. The minimum atomic E-state index is 0.679. The van der Waals surface area contributed by atoms with Crippen LogP contribution in [0.2, 0.25) is 0 Å². The Kier molecular flexibility index (Phi) is 6.89. The fourth-order valence-corrected chi connectivity index (χ4v) is 2.30. The van der Waals surface area contributed by atoms with Crippen LogP contribution < -0.4 is 10.5 Å². The molecule has 1 aromatic carbocycles. The van der Waals surface area contributed by atoms with Crippen molar-refractivity contribution in [3.05, 3.63) is 18.2 Å². The van der Waals surface area contributed by atoms with Crippen LogP contribution in [0.5, 0.6) is 5.75 Å². The molecule has 0 aliphatic rings. The summed E-state index contributed by atoms with van der Waals surface area (Å²) in [6.45, 7) is 6.27. The Morgan fingerprint density at radius 1 is 1.24 bits per heavy atom. The van der Waals surface area contributed by atoms with Crippen molar-refractivity contribution < 1.29 is 9.47 Å². The average Bonchev–Trinajstić information content (AvgIpc) is 2.33. The summed E-state index contributed by atoms with van der Waals surface area (Å²) in [6, 6.07) is 5.81. The van der Waals surface area contributed by atoms with Gasteiger partial charge in [-0.25, -0.2) is 0 Å². The van der Waals surface area contributed by atoms with Crippen molar-refractivity contribution in [1.29, 1.82) is 0 Å². The van der Waals surface area contributed by atoms with Gasteiger partial charge < -0.3 is 15.2 Å². The number of nitrogens with two attached hydrogens (primary N) is 1. The first kappa shape index (κ1) is 14.2. The molecule has 3 nitrogen and oxygen atoms in total. The van der Waals surface area contributed by atoms with Gasteiger partial charge in [0.25, 0.3) is 0 Å². The summed E-state index contributed by atoms with van der Waals surface area (Å²) in [6.07, 6.45) is 1.04. The first-order valence-electron chi connectivity index (χ1n) is 6.00. The Bertz CT molecular complexity index is 331. The lowest BCUT2D eigenvalue weighted by molar-refractivity contribution is 0.149. The number of benzene rings is 1. The molecule has 0 fully saturated rings. The second kappa shape index (κ2) is 8.25. The molecule has 0 spiro atoms. The Labute approximate surface area is 108 Å². The lowest BCUT2D eigenvalue weighted by Crippen LogP contribution is -1.97. The van der Waals surface area contributed by atoms with Gasteiger partial charge in [-0.05, 0) is 38.5 Å². The molecule has 1 rings (SSSR count). The first-order valence-corrected chi connectivity index (χ1v) is 6.99. The minimum absolute atomic E-state index is 0.679. The summed E-state index contributed by atoms with van der Waals surface area (Å²) in [4.78, 5) is 1.09. The van der Waals surface area contributed by atoms with Gasteiger partial charge in [0.1, 0.15) is 5.75 Å². The highest BCUT2D eigenvalue weighted by Gasteiger charge is 2.02. The normalized spacial score (nSPS) is 10.5. The summed E-state index contributed by atoms with van der Waals surface area (Å²) in [5, 5.41) is 0. The molecule has 17 heavy (non-hydrogen) atoms. The quantitative estimate of drug-likeness (QED) is 0.440. The standard InChI is InChI=1S/C13H21NO2S/c1-3-15-8-5-9-17-13-10-11(16-4-2)6-7-12(13)14/h6-7,10H,3-5,8-9,14H2,1-2H3. The molecule has 0 aliphatic heterocycles. The molecule has 0 heterocycles. The van der Waals surface area contributed by atoms with Crippen molar-refractivity contribution in [3.63, 3.8) is 0 Å². The lowest BCUT2D eigenvalue weighted by Gasteiger charge is -2.09. The number of ether oxygens (including phenoxy) is 2. The van der Waals surface area contributed by atoms with E-state index < -0.39 is 0 Å². The smallest absolute Gasteiger partial charge is 0.120 e. The van der Waals surface area contributed by atoms with Crippen LogP contribution in [0.3, 0.4) is 0 Å². The zero-order valence-electron chi connectivity index (χ0n) is 10.6. The molecule has 1 aromatic rings. The average molecular weight is 255 g/mol. The van der Waals surface area contributed by atoms with Gasteiger partial charge in [0, 0.05) is 29.5 Å². The van der Waals surface area contributed by atoms with Crippen molar-refractivity contribution in [2.24, 2.45) is 0 Å². The molecule has 0 bridgehead atoms. The maximum Gasteiger partial charge on any atom is 0.120 e. The topological polar surface area (TPSA) is 44.5 Å². The molecular weight excluding hydrogens is 234 g/mol. The summed E-state index contributed by atoms with van der Waals surface area (Å²) >= 11 is 1.75. The van der Waals surface area contributed by atoms with Crippen LogP contribution in [0, 0.1) is 0 Å². The number of rotatable bonds is 8. The Hall–Kier alpha value is -0.870. The van der Waals surface area contributed by atoms with E-state index in [0.717, 1.165) is 41.7 Å². The SMILES string of the molecule is CCOCCCSc1cc(OCC)ccc1N. The molecule has 0 unspecified atom stereocenters. The zero-order valence-corrected chi connectivity index (χ0v) is 11.4. The molecule has 0 atom stereocenters. The molecule has 0 aromatic heterocycles. The van der Waals surface area contributed by atoms with Crippen molar-refractivity contribution >= 4 is 17.4 Å². The number of hydrogen-bond acceptors (Lipinski definition) is 4. The fourth-order valence-electron chi connectivity index (χ4n) is 1.38. The van der Waals surface area contributed by atoms with Crippen molar-refractivity contribution in [3.8, 4) is 5.75 Å². The van der Waals surface area contributed by atoms with Gasteiger partial charge in [-0.3, -0.25) is 0 Å². The van der Waals surface area contributed by atoms with Crippen molar-refractivity contribution in [2.75, 3.05) is 31.3 Å². The predicted octanol–water partition coefficient (Wildman–Crippen LogP) is 3.19. The highest BCUT2D eigenvalue weighted by atomic mass is 32.2. The molecule has 0 saturated heterocycles. The molecule has 0 radical (unpaired) electrons. The van der Waals surface area contributed by atoms with E-state index in [1.807, 2.05) is 32.0 Å². The molecule has 0 aliphatic carbocycles. The maximum atomic E-state index is 5.92. The third-order valence-electron chi connectivity index (χ3n) is 2.19. The van der Waals surface area contributed by atoms with Crippen LogP contribution in [-0.2, 0) is 4.74 Å². The molecular formula is C13H21NO2S. The minimum Gasteiger partial charge on any atom is -0.494 e. The second-order valence-corrected chi connectivity index (χ2v) is 4.67. The Balaban J connectivity index is 2.42. The Morgan fingerprint density at radius 3 is 2.76 bits per heavy atom. The van der Waals surface area contributed by atoms with Crippen LogP contribution in [-0.4, -0.2) is 25.6 Å². The number of thioether (sulfide) groups is 1. The van der Waals surface area contributed by atoms with Crippen LogP contribution in [0.1, 0.15) is 20.3 Å². The summed E-state index contributed by atoms with van der Waals surface area (Å²) in [5.74, 6) is 1.90. The number of hydrogen-bond donors (Lipinski definition) is 1. The lowest BCUT2D eigenvalue weighted by atomic mass is 10.3. The molecule has 96 valence electrons. The van der Waals surface area contributed by atoms with E-state index in [-0.39, 0.29) is 0 Å². The molecule has 2 N–H and O–H groups in total. The summed E-state index contributed by atoms with van der Waals surface area (Å²) < 4.78 is 10.7. The van der Waals surface area contributed by atoms with E-state index in [1.54, 1.807) is 11.8 Å². The van der Waals surface area contributed by atoms with Gasteiger partial charge in [-0.15, -0.1) is 11.8 Å². The number of nitrogen functional groups attached to an aromatic ring is 1. The van der Waals surface area contributed by atoms with Crippen LogP contribution in [0.4, 0.5) is 5.69 Å². The maximum absolute atomic E-state index is 5.92. The largest absolute Gasteiger partial charge is 0.494 e. The van der Waals surface area contributed by atoms with E-state index in [4.69, 9.17) is 15.2 Å². The van der Waals surface area contributed by atoms with Crippen LogP contribution in [0.25, 0.3) is 0 Å². The fraction of sp³-hybridized carbons (Fsp3) is 0.538. The second-order valence-electron chi connectivity index (χ2n) is 3.53. The van der Waals surface area contributed by atoms with Gasteiger partial charge in [-0.1, -0.05) is 0 Å². The molecule has 0 saturated carbocycles. The predicted molar refractivity (Wildman–Crippen MR) is 73.9 cm³/mol. The highest BCUT2D eigenvalue weighted by molar-refractivity contribution is 7.99. The summed E-state index contributed by atoms with van der Waals surface area (Å²) in [7, 11) is 0. The third-order valence-corrected chi connectivity index (χ3v) is 3.35. The van der Waals surface area contributed by atoms with Gasteiger partial charge in [0.15, 0.2) is 0 Å². The van der Waals surface area contributed by atoms with E-state index >= 15 is 0 Å². The van der Waals surface area contributed by atoms with E-state index in [2.05, 4.69) is 0 Å². The summed E-state index contributed by atoms with van der Waals surface area (Å²) in [5.41, 5.74) is 6.73. The van der Waals surface area contributed by atoms with Gasteiger partial charge >= 0.3 is 0 Å². The van der Waals surface area contributed by atoms with Gasteiger partial charge in [0.2, 0.25) is 0 Å². The van der Waals surface area contributed by atoms with Crippen LogP contribution in [0.15, 0.2) is 23.1 Å². The van der Waals surface area contributed by atoms with Gasteiger partial charge in [-0.2, -0.15) is 0 Å².